The molecule has 0 amide bonds. The first-order valence-corrected chi connectivity index (χ1v) is 9.62. The van der Waals surface area contributed by atoms with Gasteiger partial charge in [-0.25, -0.2) is 9.97 Å². The standard InChI is InChI=1S/C21H24N4O/c1-2-19-18(9-13-25(19)14-16-4-5-16)20(3-1)26-17-7-11-24(12-8-17)21-6-10-22-15-23-21/h1-3,6,9-10,13,15-17H,4-5,7-8,11-12,14H2. The van der Waals surface area contributed by atoms with Gasteiger partial charge in [0.2, 0.25) is 0 Å². The number of rotatable bonds is 5. The summed E-state index contributed by atoms with van der Waals surface area (Å²) in [5.41, 5.74) is 1.30. The third-order valence-corrected chi connectivity index (χ3v) is 5.55. The van der Waals surface area contributed by atoms with Crippen molar-refractivity contribution >= 4 is 16.7 Å². The predicted octanol–water partition coefficient (Wildman–Crippen LogP) is 3.89. The lowest BCUT2D eigenvalue weighted by molar-refractivity contribution is 0.173. The van der Waals surface area contributed by atoms with Crippen molar-refractivity contribution in [3.8, 4) is 5.75 Å². The van der Waals surface area contributed by atoms with E-state index in [4.69, 9.17) is 4.74 Å². The summed E-state index contributed by atoms with van der Waals surface area (Å²) in [5, 5.41) is 1.24. The van der Waals surface area contributed by atoms with Gasteiger partial charge in [-0.2, -0.15) is 0 Å². The van der Waals surface area contributed by atoms with E-state index in [-0.39, 0.29) is 6.10 Å². The first-order chi connectivity index (χ1) is 12.9. The van der Waals surface area contributed by atoms with Crippen molar-refractivity contribution in [3.63, 3.8) is 0 Å². The molecule has 1 aliphatic carbocycles. The highest BCUT2D eigenvalue weighted by Crippen LogP contribution is 2.34. The minimum atomic E-state index is 0.269. The molecule has 0 bridgehead atoms. The summed E-state index contributed by atoms with van der Waals surface area (Å²) in [6, 6.07) is 10.6. The normalized spacial score (nSPS) is 18.4. The molecule has 0 spiro atoms. The molecule has 1 aromatic carbocycles. The second-order valence-electron chi connectivity index (χ2n) is 7.47. The van der Waals surface area contributed by atoms with Gasteiger partial charge in [0.1, 0.15) is 24.0 Å². The number of nitrogens with zero attached hydrogens (tertiary/aromatic N) is 4. The second-order valence-corrected chi connectivity index (χ2v) is 7.47. The lowest BCUT2D eigenvalue weighted by Crippen LogP contribution is -2.38. The molecule has 134 valence electrons. The van der Waals surface area contributed by atoms with Crippen LogP contribution in [0.25, 0.3) is 10.9 Å². The maximum atomic E-state index is 6.41. The monoisotopic (exact) mass is 348 g/mol. The van der Waals surface area contributed by atoms with Crippen molar-refractivity contribution in [2.45, 2.75) is 38.3 Å². The third kappa shape index (κ3) is 3.14. The van der Waals surface area contributed by atoms with Gasteiger partial charge in [0.05, 0.1) is 5.52 Å². The zero-order valence-corrected chi connectivity index (χ0v) is 14.9. The first kappa shape index (κ1) is 15.7. The predicted molar refractivity (Wildman–Crippen MR) is 103 cm³/mol. The van der Waals surface area contributed by atoms with Crippen LogP contribution in [-0.4, -0.2) is 33.7 Å². The molecule has 3 aromatic rings. The van der Waals surface area contributed by atoms with Crippen LogP contribution in [0.2, 0.25) is 0 Å². The Labute approximate surface area is 153 Å². The Hall–Kier alpha value is -2.56. The smallest absolute Gasteiger partial charge is 0.131 e. The first-order valence-electron chi connectivity index (χ1n) is 9.62. The topological polar surface area (TPSA) is 43.2 Å². The minimum Gasteiger partial charge on any atom is -0.490 e. The van der Waals surface area contributed by atoms with Gasteiger partial charge in [-0.1, -0.05) is 6.07 Å². The van der Waals surface area contributed by atoms with E-state index in [9.17, 15) is 0 Å². The van der Waals surface area contributed by atoms with Gasteiger partial charge >= 0.3 is 0 Å². The molecular weight excluding hydrogens is 324 g/mol. The molecule has 26 heavy (non-hydrogen) atoms. The van der Waals surface area contributed by atoms with E-state index >= 15 is 0 Å². The lowest BCUT2D eigenvalue weighted by Gasteiger charge is -2.32. The summed E-state index contributed by atoms with van der Waals surface area (Å²) in [6.07, 6.45) is 10.7. The number of benzene rings is 1. The van der Waals surface area contributed by atoms with Crippen molar-refractivity contribution in [1.29, 1.82) is 0 Å². The van der Waals surface area contributed by atoms with Crippen molar-refractivity contribution in [2.24, 2.45) is 5.92 Å². The molecule has 5 rings (SSSR count). The zero-order chi connectivity index (χ0) is 17.3. The highest BCUT2D eigenvalue weighted by Gasteiger charge is 2.24. The quantitative estimate of drug-likeness (QED) is 0.702. The fourth-order valence-corrected chi connectivity index (χ4v) is 3.89. The SMILES string of the molecule is c1cc(OC2CCN(c3ccncn3)CC2)c2ccn(CC3CC3)c2c1. The van der Waals surface area contributed by atoms with Crippen molar-refractivity contribution in [2.75, 3.05) is 18.0 Å². The number of piperidine rings is 1. The molecule has 2 aliphatic rings. The van der Waals surface area contributed by atoms with Gasteiger partial charge < -0.3 is 14.2 Å². The average Bonchev–Trinajstić information content (AvgIpc) is 3.42. The van der Waals surface area contributed by atoms with Crippen LogP contribution in [-0.2, 0) is 6.54 Å². The van der Waals surface area contributed by atoms with Crippen LogP contribution in [0.3, 0.4) is 0 Å². The maximum absolute atomic E-state index is 6.41. The van der Waals surface area contributed by atoms with Crippen LogP contribution >= 0.6 is 0 Å². The summed E-state index contributed by atoms with van der Waals surface area (Å²) in [5.74, 6) is 2.91. The third-order valence-electron chi connectivity index (χ3n) is 5.55. The van der Waals surface area contributed by atoms with Crippen LogP contribution in [0.15, 0.2) is 49.1 Å². The van der Waals surface area contributed by atoms with Crippen LogP contribution in [0.1, 0.15) is 25.7 Å². The molecule has 1 saturated heterocycles. The Bertz CT molecular complexity index is 879. The Balaban J connectivity index is 1.27. The number of ether oxygens (including phenoxy) is 1. The van der Waals surface area contributed by atoms with E-state index in [0.717, 1.165) is 50.0 Å². The largest absolute Gasteiger partial charge is 0.490 e. The number of hydrogen-bond acceptors (Lipinski definition) is 4. The summed E-state index contributed by atoms with van der Waals surface area (Å²) < 4.78 is 8.80. The van der Waals surface area contributed by atoms with Gasteiger partial charge in [0.15, 0.2) is 0 Å². The van der Waals surface area contributed by atoms with Crippen LogP contribution in [0.5, 0.6) is 5.75 Å². The Morgan fingerprint density at radius 1 is 1.04 bits per heavy atom. The van der Waals surface area contributed by atoms with Crippen molar-refractivity contribution in [1.82, 2.24) is 14.5 Å². The maximum Gasteiger partial charge on any atom is 0.131 e. The van der Waals surface area contributed by atoms with Crippen LogP contribution in [0, 0.1) is 5.92 Å². The van der Waals surface area contributed by atoms with Gasteiger partial charge in [0, 0.05) is 50.3 Å². The molecule has 0 unspecified atom stereocenters. The Morgan fingerprint density at radius 2 is 1.92 bits per heavy atom. The number of fused-ring (bicyclic) bond motifs is 1. The molecule has 5 heteroatoms. The summed E-state index contributed by atoms with van der Waals surface area (Å²) >= 11 is 0. The van der Waals surface area contributed by atoms with Crippen molar-refractivity contribution in [3.05, 3.63) is 49.1 Å². The highest BCUT2D eigenvalue weighted by molar-refractivity contribution is 5.86. The minimum absolute atomic E-state index is 0.269. The molecule has 0 radical (unpaired) electrons. The van der Waals surface area contributed by atoms with E-state index in [2.05, 4.69) is 49.9 Å². The summed E-state index contributed by atoms with van der Waals surface area (Å²) in [4.78, 5) is 10.7. The van der Waals surface area contributed by atoms with E-state index in [1.807, 2.05) is 6.07 Å². The van der Waals surface area contributed by atoms with Crippen LogP contribution < -0.4 is 9.64 Å². The molecular formula is C21H24N4O. The summed E-state index contributed by atoms with van der Waals surface area (Å²) in [7, 11) is 0. The molecule has 5 nitrogen and oxygen atoms in total. The van der Waals surface area contributed by atoms with E-state index in [1.54, 1.807) is 12.5 Å². The number of aromatic nitrogens is 3. The molecule has 1 aliphatic heterocycles. The molecule has 3 heterocycles. The summed E-state index contributed by atoms with van der Waals surface area (Å²) in [6.45, 7) is 3.09. The molecule has 1 saturated carbocycles. The zero-order valence-electron chi connectivity index (χ0n) is 14.9. The fourth-order valence-electron chi connectivity index (χ4n) is 3.89. The fraction of sp³-hybridized carbons (Fsp3) is 0.429. The van der Waals surface area contributed by atoms with Crippen LogP contribution in [0.4, 0.5) is 5.82 Å². The van der Waals surface area contributed by atoms with Gasteiger partial charge in [0.25, 0.3) is 0 Å². The lowest BCUT2D eigenvalue weighted by atomic mass is 10.1. The number of anilines is 1. The molecule has 0 N–H and O–H groups in total. The van der Waals surface area contributed by atoms with Crippen molar-refractivity contribution < 1.29 is 4.74 Å². The Kier molecular flexibility index (Phi) is 4.00. The van der Waals surface area contributed by atoms with E-state index in [0.29, 0.717) is 0 Å². The molecule has 2 fully saturated rings. The van der Waals surface area contributed by atoms with Gasteiger partial charge in [-0.15, -0.1) is 0 Å². The second kappa shape index (κ2) is 6.63. The highest BCUT2D eigenvalue weighted by atomic mass is 16.5. The molecule has 2 aromatic heterocycles. The average molecular weight is 348 g/mol. The molecule has 0 atom stereocenters. The van der Waals surface area contributed by atoms with E-state index in [1.165, 1.54) is 23.7 Å². The number of hydrogen-bond donors (Lipinski definition) is 0. The van der Waals surface area contributed by atoms with Gasteiger partial charge in [-0.3, -0.25) is 0 Å². The Morgan fingerprint density at radius 3 is 2.69 bits per heavy atom. The van der Waals surface area contributed by atoms with E-state index < -0.39 is 0 Å². The van der Waals surface area contributed by atoms with Gasteiger partial charge in [-0.05, 0) is 43.0 Å².